The summed E-state index contributed by atoms with van der Waals surface area (Å²) >= 11 is 0. The summed E-state index contributed by atoms with van der Waals surface area (Å²) in [6.07, 6.45) is 7.03. The number of likely N-dealkylation sites (tertiary alicyclic amines) is 1. The molecule has 0 radical (unpaired) electrons. The molecule has 22 heavy (non-hydrogen) atoms. The number of ether oxygens (including phenoxy) is 1. The molecular weight excluding hydrogens is 278 g/mol. The summed E-state index contributed by atoms with van der Waals surface area (Å²) in [5, 5.41) is 0. The molecule has 2 fully saturated rings. The Balaban J connectivity index is 1.64. The Hall–Kier alpha value is -1.54. The number of rotatable bonds is 1. The number of carbonyl (C=O) groups is 1. The highest BCUT2D eigenvalue weighted by Crippen LogP contribution is 2.54. The predicted molar refractivity (Wildman–Crippen MR) is 84.1 cm³/mol. The maximum Gasteiger partial charge on any atom is 0.410 e. The number of hydrogen-bond donors (Lipinski definition) is 0. The van der Waals surface area contributed by atoms with Gasteiger partial charge in [0, 0.05) is 24.1 Å². The van der Waals surface area contributed by atoms with Gasteiger partial charge in [-0.1, -0.05) is 6.08 Å². The molecule has 0 unspecified atom stereocenters. The van der Waals surface area contributed by atoms with Gasteiger partial charge in [0.1, 0.15) is 11.5 Å². The van der Waals surface area contributed by atoms with Crippen molar-refractivity contribution in [1.29, 1.82) is 0 Å². The standard InChI is InChI=1S/C18H25NO3/c1-17(2,3)22-16(21)19-10-8-18(9-11-19)7-6-14(13-4-5-13)15(18)12-20/h6,13H,4-5,7-11H2,1-3H3. The first kappa shape index (κ1) is 15.4. The average Bonchev–Trinajstić information content (AvgIpc) is 3.22. The van der Waals surface area contributed by atoms with Gasteiger partial charge < -0.3 is 9.64 Å². The van der Waals surface area contributed by atoms with E-state index in [1.165, 1.54) is 18.4 Å². The van der Waals surface area contributed by atoms with Crippen molar-refractivity contribution in [3.8, 4) is 0 Å². The molecule has 1 saturated heterocycles. The normalized spacial score (nSPS) is 24.2. The van der Waals surface area contributed by atoms with Crippen LogP contribution in [0.15, 0.2) is 17.2 Å². The van der Waals surface area contributed by atoms with Crippen molar-refractivity contribution in [3.05, 3.63) is 17.2 Å². The Bertz CT molecular complexity index is 551. The minimum atomic E-state index is -0.464. The van der Waals surface area contributed by atoms with E-state index in [-0.39, 0.29) is 11.5 Å². The Morgan fingerprint density at radius 1 is 1.32 bits per heavy atom. The van der Waals surface area contributed by atoms with Crippen LogP contribution in [0.25, 0.3) is 0 Å². The predicted octanol–water partition coefficient (Wildman–Crippen LogP) is 3.50. The van der Waals surface area contributed by atoms with Crippen molar-refractivity contribution >= 4 is 12.0 Å². The highest BCUT2D eigenvalue weighted by Gasteiger charge is 2.47. The third-order valence-corrected chi connectivity index (χ3v) is 5.02. The van der Waals surface area contributed by atoms with Gasteiger partial charge in [0.25, 0.3) is 0 Å². The summed E-state index contributed by atoms with van der Waals surface area (Å²) in [5.74, 6) is 2.84. The van der Waals surface area contributed by atoms with Gasteiger partial charge in [-0.05, 0) is 64.4 Å². The molecule has 1 amide bonds. The molecule has 1 aliphatic heterocycles. The lowest BCUT2D eigenvalue weighted by Gasteiger charge is -2.40. The molecule has 0 aromatic carbocycles. The summed E-state index contributed by atoms with van der Waals surface area (Å²) in [4.78, 5) is 25.4. The molecule has 1 spiro atoms. The Kier molecular flexibility index (Phi) is 3.68. The molecule has 1 saturated carbocycles. The SMILES string of the molecule is CC(C)(C)OC(=O)N1CCC2(CC=C(C3CC3)C2=C=O)CC1. The quantitative estimate of drug-likeness (QED) is 0.696. The number of nitrogens with zero attached hydrogens (tertiary/aromatic N) is 1. The van der Waals surface area contributed by atoms with Gasteiger partial charge in [0.05, 0.1) is 0 Å². The van der Waals surface area contributed by atoms with Crippen molar-refractivity contribution in [2.75, 3.05) is 13.1 Å². The molecule has 1 heterocycles. The average molecular weight is 303 g/mol. The van der Waals surface area contributed by atoms with Gasteiger partial charge in [-0.2, -0.15) is 0 Å². The van der Waals surface area contributed by atoms with Gasteiger partial charge >= 0.3 is 6.09 Å². The molecule has 0 atom stereocenters. The maximum atomic E-state index is 12.2. The van der Waals surface area contributed by atoms with Crippen LogP contribution < -0.4 is 0 Å². The lowest BCUT2D eigenvalue weighted by Crippen LogP contribution is -2.45. The van der Waals surface area contributed by atoms with Crippen LogP contribution in [0, 0.1) is 11.3 Å². The van der Waals surface area contributed by atoms with E-state index in [4.69, 9.17) is 4.74 Å². The fraction of sp³-hybridized carbons (Fsp3) is 0.722. The third kappa shape index (κ3) is 2.85. The van der Waals surface area contributed by atoms with Crippen LogP contribution in [-0.4, -0.2) is 35.6 Å². The first-order valence-corrected chi connectivity index (χ1v) is 8.29. The van der Waals surface area contributed by atoms with Crippen molar-refractivity contribution in [2.45, 2.75) is 58.5 Å². The Morgan fingerprint density at radius 3 is 2.45 bits per heavy atom. The van der Waals surface area contributed by atoms with E-state index in [0.29, 0.717) is 19.0 Å². The third-order valence-electron chi connectivity index (χ3n) is 5.02. The van der Waals surface area contributed by atoms with E-state index in [1.54, 1.807) is 4.90 Å². The number of amides is 1. The van der Waals surface area contributed by atoms with Crippen LogP contribution in [0.4, 0.5) is 4.79 Å². The zero-order chi connectivity index (χ0) is 16.0. The molecule has 120 valence electrons. The summed E-state index contributed by atoms with van der Waals surface area (Å²) < 4.78 is 5.44. The van der Waals surface area contributed by atoms with E-state index in [1.807, 2.05) is 20.8 Å². The van der Waals surface area contributed by atoms with Crippen molar-refractivity contribution in [1.82, 2.24) is 4.90 Å². The second kappa shape index (κ2) is 5.27. The van der Waals surface area contributed by atoms with Crippen molar-refractivity contribution in [3.63, 3.8) is 0 Å². The molecule has 2 aliphatic carbocycles. The van der Waals surface area contributed by atoms with E-state index < -0.39 is 5.60 Å². The lowest BCUT2D eigenvalue weighted by molar-refractivity contribution is 0.0143. The summed E-state index contributed by atoms with van der Waals surface area (Å²) in [6.45, 7) is 6.96. The van der Waals surface area contributed by atoms with Crippen LogP contribution in [0.1, 0.15) is 52.9 Å². The van der Waals surface area contributed by atoms with Gasteiger partial charge in [-0.15, -0.1) is 0 Å². The zero-order valence-corrected chi connectivity index (χ0v) is 13.8. The van der Waals surface area contributed by atoms with E-state index in [2.05, 4.69) is 12.0 Å². The van der Waals surface area contributed by atoms with E-state index in [0.717, 1.165) is 24.8 Å². The first-order chi connectivity index (χ1) is 10.3. The molecule has 3 rings (SSSR count). The molecule has 4 nitrogen and oxygen atoms in total. The van der Waals surface area contributed by atoms with Gasteiger partial charge in [0.15, 0.2) is 0 Å². The second-order valence-electron chi connectivity index (χ2n) is 7.86. The molecule has 0 aromatic heterocycles. The topological polar surface area (TPSA) is 46.6 Å². The molecule has 0 N–H and O–H groups in total. The molecule has 0 aromatic rings. The molecule has 4 heteroatoms. The van der Waals surface area contributed by atoms with Crippen LogP contribution in [0.2, 0.25) is 0 Å². The van der Waals surface area contributed by atoms with Crippen molar-refractivity contribution < 1.29 is 14.3 Å². The molecule has 3 aliphatic rings. The highest BCUT2D eigenvalue weighted by molar-refractivity contribution is 5.70. The number of allylic oxidation sites excluding steroid dienone is 3. The smallest absolute Gasteiger partial charge is 0.410 e. The van der Waals surface area contributed by atoms with E-state index >= 15 is 0 Å². The highest BCUT2D eigenvalue weighted by atomic mass is 16.6. The lowest BCUT2D eigenvalue weighted by atomic mass is 9.72. The van der Waals surface area contributed by atoms with Gasteiger partial charge in [-0.3, -0.25) is 0 Å². The summed E-state index contributed by atoms with van der Waals surface area (Å²) in [7, 11) is 0. The minimum Gasteiger partial charge on any atom is -0.444 e. The largest absolute Gasteiger partial charge is 0.444 e. The van der Waals surface area contributed by atoms with E-state index in [9.17, 15) is 9.59 Å². The van der Waals surface area contributed by atoms with Crippen LogP contribution >= 0.6 is 0 Å². The molecule has 0 bridgehead atoms. The Labute approximate surface area is 132 Å². The minimum absolute atomic E-state index is 0.0712. The van der Waals surface area contributed by atoms with Crippen LogP contribution in [0.5, 0.6) is 0 Å². The number of carbonyl (C=O) groups excluding carboxylic acids is 2. The fourth-order valence-electron chi connectivity index (χ4n) is 3.65. The summed E-state index contributed by atoms with van der Waals surface area (Å²) in [6, 6.07) is 0. The van der Waals surface area contributed by atoms with Gasteiger partial charge in [0.2, 0.25) is 0 Å². The van der Waals surface area contributed by atoms with Crippen LogP contribution in [-0.2, 0) is 9.53 Å². The second-order valence-corrected chi connectivity index (χ2v) is 7.86. The zero-order valence-electron chi connectivity index (χ0n) is 13.8. The Morgan fingerprint density at radius 2 is 1.95 bits per heavy atom. The number of hydrogen-bond acceptors (Lipinski definition) is 3. The van der Waals surface area contributed by atoms with Gasteiger partial charge in [-0.25, -0.2) is 9.59 Å². The first-order valence-electron chi connectivity index (χ1n) is 8.29. The fourth-order valence-corrected chi connectivity index (χ4v) is 3.65. The monoisotopic (exact) mass is 303 g/mol. The number of piperidine rings is 1. The molecular formula is C18H25NO3. The summed E-state index contributed by atoms with van der Waals surface area (Å²) in [5.41, 5.74) is 1.62. The van der Waals surface area contributed by atoms with Crippen molar-refractivity contribution in [2.24, 2.45) is 11.3 Å². The maximum absolute atomic E-state index is 12.2. The van der Waals surface area contributed by atoms with Crippen LogP contribution in [0.3, 0.4) is 0 Å².